The Kier molecular flexibility index (Phi) is 7.68. The first-order valence-corrected chi connectivity index (χ1v) is 9.18. The highest BCUT2D eigenvalue weighted by Crippen LogP contribution is 2.28. The standard InChI is InChI=1S/C22H29NO2/c1-3-4-15-21(16-22(24)25)23(17-19-11-7-5-8-12-19)18(2)20-13-9-6-10-14-20/h5-14,18,21H,3-4,15-17H2,1-2H3,(H,24,25)/t18-,21-/m0/s1. The van der Waals surface area contributed by atoms with Crippen molar-refractivity contribution < 1.29 is 9.90 Å². The van der Waals surface area contributed by atoms with Gasteiger partial charge in [-0.05, 0) is 24.5 Å². The molecule has 0 heterocycles. The van der Waals surface area contributed by atoms with Gasteiger partial charge in [0.2, 0.25) is 0 Å². The van der Waals surface area contributed by atoms with Gasteiger partial charge in [-0.25, -0.2) is 0 Å². The fraction of sp³-hybridized carbons (Fsp3) is 0.409. The highest BCUT2D eigenvalue weighted by Gasteiger charge is 2.26. The lowest BCUT2D eigenvalue weighted by molar-refractivity contribution is -0.138. The van der Waals surface area contributed by atoms with Crippen molar-refractivity contribution in [3.63, 3.8) is 0 Å². The van der Waals surface area contributed by atoms with Crippen LogP contribution in [-0.2, 0) is 11.3 Å². The predicted molar refractivity (Wildman–Crippen MR) is 102 cm³/mol. The van der Waals surface area contributed by atoms with Gasteiger partial charge in [-0.15, -0.1) is 0 Å². The highest BCUT2D eigenvalue weighted by atomic mass is 16.4. The number of carboxylic acids is 1. The molecule has 0 saturated heterocycles. The van der Waals surface area contributed by atoms with E-state index in [0.29, 0.717) is 0 Å². The molecule has 0 aliphatic heterocycles. The van der Waals surface area contributed by atoms with Crippen molar-refractivity contribution in [2.75, 3.05) is 0 Å². The summed E-state index contributed by atoms with van der Waals surface area (Å²) >= 11 is 0. The number of hydrogen-bond donors (Lipinski definition) is 1. The van der Waals surface area contributed by atoms with E-state index in [9.17, 15) is 9.90 Å². The molecule has 0 fully saturated rings. The van der Waals surface area contributed by atoms with Crippen molar-refractivity contribution in [2.45, 2.75) is 58.2 Å². The van der Waals surface area contributed by atoms with Crippen LogP contribution < -0.4 is 0 Å². The lowest BCUT2D eigenvalue weighted by atomic mass is 9.98. The zero-order valence-corrected chi connectivity index (χ0v) is 15.3. The van der Waals surface area contributed by atoms with E-state index in [-0.39, 0.29) is 18.5 Å². The molecule has 0 aromatic heterocycles. The molecule has 0 spiro atoms. The predicted octanol–water partition coefficient (Wildman–Crippen LogP) is 5.28. The van der Waals surface area contributed by atoms with Crippen LogP contribution in [0.15, 0.2) is 60.7 Å². The van der Waals surface area contributed by atoms with Crippen molar-refractivity contribution >= 4 is 5.97 Å². The Morgan fingerprint density at radius 2 is 1.64 bits per heavy atom. The highest BCUT2D eigenvalue weighted by molar-refractivity contribution is 5.67. The fourth-order valence-corrected chi connectivity index (χ4v) is 3.33. The third kappa shape index (κ3) is 6.02. The maximum absolute atomic E-state index is 11.5. The summed E-state index contributed by atoms with van der Waals surface area (Å²) in [7, 11) is 0. The number of benzene rings is 2. The van der Waals surface area contributed by atoms with Gasteiger partial charge in [0.05, 0.1) is 6.42 Å². The van der Waals surface area contributed by atoms with Gasteiger partial charge >= 0.3 is 5.97 Å². The van der Waals surface area contributed by atoms with E-state index in [2.05, 4.69) is 43.0 Å². The molecular weight excluding hydrogens is 310 g/mol. The molecule has 25 heavy (non-hydrogen) atoms. The molecule has 1 N–H and O–H groups in total. The minimum absolute atomic E-state index is 0.0351. The molecule has 2 aromatic rings. The summed E-state index contributed by atoms with van der Waals surface area (Å²) in [5, 5.41) is 9.42. The first-order chi connectivity index (χ1) is 12.1. The average Bonchev–Trinajstić information content (AvgIpc) is 2.64. The first-order valence-electron chi connectivity index (χ1n) is 9.18. The van der Waals surface area contributed by atoms with Crippen LogP contribution in [0.4, 0.5) is 0 Å². The smallest absolute Gasteiger partial charge is 0.304 e. The van der Waals surface area contributed by atoms with E-state index >= 15 is 0 Å². The molecule has 0 aliphatic carbocycles. The third-order valence-electron chi connectivity index (χ3n) is 4.76. The molecule has 0 bridgehead atoms. The molecule has 0 saturated carbocycles. The van der Waals surface area contributed by atoms with Crippen LogP contribution in [0.25, 0.3) is 0 Å². The van der Waals surface area contributed by atoms with Gasteiger partial charge in [0.15, 0.2) is 0 Å². The molecule has 0 radical (unpaired) electrons. The maximum atomic E-state index is 11.5. The molecule has 0 aliphatic rings. The van der Waals surface area contributed by atoms with Gasteiger partial charge in [0, 0.05) is 18.6 Å². The van der Waals surface area contributed by atoms with E-state index in [1.165, 1.54) is 11.1 Å². The summed E-state index contributed by atoms with van der Waals surface area (Å²) < 4.78 is 0. The van der Waals surface area contributed by atoms with Crippen molar-refractivity contribution in [1.29, 1.82) is 0 Å². The number of carboxylic acid groups (broad SMARTS) is 1. The minimum Gasteiger partial charge on any atom is -0.481 e. The molecule has 0 amide bonds. The molecule has 3 heteroatoms. The largest absolute Gasteiger partial charge is 0.481 e. The summed E-state index contributed by atoms with van der Waals surface area (Å²) in [6.45, 7) is 5.09. The van der Waals surface area contributed by atoms with Crippen LogP contribution in [0.1, 0.15) is 56.7 Å². The van der Waals surface area contributed by atoms with Crippen molar-refractivity contribution in [2.24, 2.45) is 0 Å². The van der Waals surface area contributed by atoms with E-state index in [1.807, 2.05) is 36.4 Å². The fourth-order valence-electron chi connectivity index (χ4n) is 3.33. The van der Waals surface area contributed by atoms with Crippen LogP contribution >= 0.6 is 0 Å². The zero-order valence-electron chi connectivity index (χ0n) is 15.3. The van der Waals surface area contributed by atoms with Gasteiger partial charge in [0.1, 0.15) is 0 Å². The van der Waals surface area contributed by atoms with E-state index in [0.717, 1.165) is 25.8 Å². The summed E-state index contributed by atoms with van der Waals surface area (Å²) in [4.78, 5) is 13.8. The summed E-state index contributed by atoms with van der Waals surface area (Å²) in [6.07, 6.45) is 3.22. The van der Waals surface area contributed by atoms with Gasteiger partial charge in [0.25, 0.3) is 0 Å². The Balaban J connectivity index is 2.29. The normalized spacial score (nSPS) is 13.6. The van der Waals surface area contributed by atoms with Crippen LogP contribution in [0, 0.1) is 0 Å². The molecule has 3 nitrogen and oxygen atoms in total. The minimum atomic E-state index is -0.723. The molecule has 134 valence electrons. The van der Waals surface area contributed by atoms with Crippen LogP contribution in [0.3, 0.4) is 0 Å². The quantitative estimate of drug-likeness (QED) is 0.640. The molecule has 2 atom stereocenters. The number of rotatable bonds is 10. The van der Waals surface area contributed by atoms with E-state index in [4.69, 9.17) is 0 Å². The lowest BCUT2D eigenvalue weighted by Crippen LogP contribution is -2.38. The van der Waals surface area contributed by atoms with Crippen LogP contribution in [-0.4, -0.2) is 22.0 Å². The van der Waals surface area contributed by atoms with Crippen LogP contribution in [0.5, 0.6) is 0 Å². The summed E-state index contributed by atoms with van der Waals surface area (Å²) in [6, 6.07) is 20.9. The Hall–Kier alpha value is -2.13. The van der Waals surface area contributed by atoms with Crippen LogP contribution in [0.2, 0.25) is 0 Å². The topological polar surface area (TPSA) is 40.5 Å². The van der Waals surface area contributed by atoms with Gasteiger partial charge in [-0.1, -0.05) is 80.4 Å². The van der Waals surface area contributed by atoms with E-state index < -0.39 is 5.97 Å². The van der Waals surface area contributed by atoms with Crippen molar-refractivity contribution in [3.8, 4) is 0 Å². The Morgan fingerprint density at radius 1 is 1.04 bits per heavy atom. The molecule has 2 rings (SSSR count). The van der Waals surface area contributed by atoms with Gasteiger partial charge in [-0.3, -0.25) is 9.69 Å². The SMILES string of the molecule is CCCC[C@@H](CC(=O)O)N(Cc1ccccc1)[C@@H](C)c1ccccc1. The first kappa shape index (κ1) is 19.2. The Morgan fingerprint density at radius 3 is 2.20 bits per heavy atom. The lowest BCUT2D eigenvalue weighted by Gasteiger charge is -2.36. The van der Waals surface area contributed by atoms with Crippen molar-refractivity contribution in [1.82, 2.24) is 4.90 Å². The Labute approximate surface area is 151 Å². The van der Waals surface area contributed by atoms with Gasteiger partial charge in [-0.2, -0.15) is 0 Å². The zero-order chi connectivity index (χ0) is 18.1. The van der Waals surface area contributed by atoms with Gasteiger partial charge < -0.3 is 5.11 Å². The third-order valence-corrected chi connectivity index (χ3v) is 4.76. The number of unbranched alkanes of at least 4 members (excludes halogenated alkanes) is 1. The van der Waals surface area contributed by atoms with Crippen molar-refractivity contribution in [3.05, 3.63) is 71.8 Å². The second-order valence-corrected chi connectivity index (χ2v) is 6.64. The second kappa shape index (κ2) is 10.00. The summed E-state index contributed by atoms with van der Waals surface area (Å²) in [5.74, 6) is -0.723. The number of hydrogen-bond acceptors (Lipinski definition) is 2. The van der Waals surface area contributed by atoms with E-state index in [1.54, 1.807) is 0 Å². The second-order valence-electron chi connectivity index (χ2n) is 6.64. The maximum Gasteiger partial charge on any atom is 0.304 e. The molecular formula is C22H29NO2. The molecule has 2 aromatic carbocycles. The number of nitrogens with zero attached hydrogens (tertiary/aromatic N) is 1. The summed E-state index contributed by atoms with van der Waals surface area (Å²) in [5.41, 5.74) is 2.45. The number of aliphatic carboxylic acids is 1. The Bertz CT molecular complexity index is 627. The average molecular weight is 339 g/mol. The molecule has 0 unspecified atom stereocenters. The number of carbonyl (C=O) groups is 1. The monoisotopic (exact) mass is 339 g/mol.